The minimum atomic E-state index is -0.164. The highest BCUT2D eigenvalue weighted by Crippen LogP contribution is 2.37. The molecule has 1 nitrogen and oxygen atoms in total. The molecule has 1 rings (SSSR count). The fourth-order valence-electron chi connectivity index (χ4n) is 1.75. The first kappa shape index (κ1) is 13.5. The number of benzene rings is 1. The van der Waals surface area contributed by atoms with Gasteiger partial charge in [-0.3, -0.25) is 0 Å². The molecule has 0 aliphatic carbocycles. The molecule has 0 spiro atoms. The van der Waals surface area contributed by atoms with E-state index < -0.39 is 0 Å². The van der Waals surface area contributed by atoms with E-state index in [4.69, 9.17) is 5.73 Å². The average molecular weight is 241 g/mol. The highest BCUT2D eigenvalue weighted by molar-refractivity contribution is 8.00. The first-order chi connectivity index (χ1) is 7.32. The van der Waals surface area contributed by atoms with Gasteiger partial charge in [-0.2, -0.15) is 0 Å². The predicted molar refractivity (Wildman–Crippen MR) is 69.1 cm³/mol. The van der Waals surface area contributed by atoms with Gasteiger partial charge in [0.25, 0.3) is 0 Å². The van der Waals surface area contributed by atoms with Crippen molar-refractivity contribution in [1.82, 2.24) is 0 Å². The van der Waals surface area contributed by atoms with Gasteiger partial charge in [0.15, 0.2) is 0 Å². The molecule has 2 unspecified atom stereocenters. The Morgan fingerprint density at radius 2 is 1.81 bits per heavy atom. The Bertz CT molecular complexity index is 344. The van der Waals surface area contributed by atoms with Crippen molar-refractivity contribution < 1.29 is 4.39 Å². The van der Waals surface area contributed by atoms with Crippen LogP contribution in [0.3, 0.4) is 0 Å². The second-order valence-electron chi connectivity index (χ2n) is 5.19. The van der Waals surface area contributed by atoms with Crippen molar-refractivity contribution in [2.75, 3.05) is 0 Å². The van der Waals surface area contributed by atoms with Crippen molar-refractivity contribution in [3.8, 4) is 0 Å². The zero-order valence-electron chi connectivity index (χ0n) is 10.3. The molecule has 0 radical (unpaired) electrons. The summed E-state index contributed by atoms with van der Waals surface area (Å²) in [5, 5.41) is 0.199. The summed E-state index contributed by atoms with van der Waals surface area (Å²) in [5.74, 6) is -0.164. The van der Waals surface area contributed by atoms with E-state index >= 15 is 0 Å². The Balaban J connectivity index is 2.89. The van der Waals surface area contributed by atoms with Crippen LogP contribution in [0.1, 0.15) is 27.7 Å². The van der Waals surface area contributed by atoms with Crippen LogP contribution in [0.25, 0.3) is 0 Å². The van der Waals surface area contributed by atoms with Gasteiger partial charge in [0.2, 0.25) is 0 Å². The zero-order chi connectivity index (χ0) is 12.3. The Labute approximate surface area is 102 Å². The molecule has 3 heteroatoms. The minimum Gasteiger partial charge on any atom is -0.327 e. The van der Waals surface area contributed by atoms with Gasteiger partial charge >= 0.3 is 0 Å². The van der Waals surface area contributed by atoms with Crippen LogP contribution in [-0.2, 0) is 0 Å². The molecule has 90 valence electrons. The van der Waals surface area contributed by atoms with Crippen molar-refractivity contribution in [2.45, 2.75) is 43.9 Å². The van der Waals surface area contributed by atoms with Crippen molar-refractivity contribution in [2.24, 2.45) is 11.1 Å². The van der Waals surface area contributed by atoms with Crippen LogP contribution in [0.2, 0.25) is 0 Å². The van der Waals surface area contributed by atoms with E-state index in [1.165, 1.54) is 17.8 Å². The molecule has 2 N–H and O–H groups in total. The molecule has 0 amide bonds. The lowest BCUT2D eigenvalue weighted by molar-refractivity contribution is 0.363. The zero-order valence-corrected chi connectivity index (χ0v) is 11.1. The summed E-state index contributed by atoms with van der Waals surface area (Å²) in [7, 11) is 0. The highest BCUT2D eigenvalue weighted by Gasteiger charge is 2.29. The SMILES string of the molecule is CC(N)C(Sc1ccccc1F)C(C)(C)C. The third kappa shape index (κ3) is 3.49. The van der Waals surface area contributed by atoms with Gasteiger partial charge in [-0.15, -0.1) is 11.8 Å². The van der Waals surface area contributed by atoms with Gasteiger partial charge in [0.1, 0.15) is 5.82 Å². The first-order valence-electron chi connectivity index (χ1n) is 5.49. The smallest absolute Gasteiger partial charge is 0.136 e. The largest absolute Gasteiger partial charge is 0.327 e. The molecular formula is C13H20FNS. The first-order valence-corrected chi connectivity index (χ1v) is 6.37. The third-order valence-electron chi connectivity index (χ3n) is 2.42. The van der Waals surface area contributed by atoms with E-state index in [2.05, 4.69) is 20.8 Å². The lowest BCUT2D eigenvalue weighted by Crippen LogP contribution is -2.38. The summed E-state index contributed by atoms with van der Waals surface area (Å²) in [6.07, 6.45) is 0. The number of hydrogen-bond donors (Lipinski definition) is 1. The highest BCUT2D eigenvalue weighted by atomic mass is 32.2. The van der Waals surface area contributed by atoms with E-state index in [0.29, 0.717) is 4.90 Å². The molecule has 0 aliphatic rings. The van der Waals surface area contributed by atoms with Crippen LogP contribution in [0.15, 0.2) is 29.2 Å². The van der Waals surface area contributed by atoms with Crippen LogP contribution in [0.4, 0.5) is 4.39 Å². The molecule has 0 saturated heterocycles. The fourth-order valence-corrected chi connectivity index (χ4v) is 2.93. The molecule has 0 heterocycles. The molecular weight excluding hydrogens is 221 g/mol. The van der Waals surface area contributed by atoms with Crippen LogP contribution >= 0.6 is 11.8 Å². The average Bonchev–Trinajstić information content (AvgIpc) is 2.14. The van der Waals surface area contributed by atoms with E-state index in [-0.39, 0.29) is 22.5 Å². The quantitative estimate of drug-likeness (QED) is 0.817. The van der Waals surface area contributed by atoms with Crippen molar-refractivity contribution in [1.29, 1.82) is 0 Å². The number of halogens is 1. The van der Waals surface area contributed by atoms with Gasteiger partial charge in [-0.05, 0) is 24.5 Å². The normalized spacial score (nSPS) is 15.9. The third-order valence-corrected chi connectivity index (χ3v) is 4.40. The molecule has 0 bridgehead atoms. The fraction of sp³-hybridized carbons (Fsp3) is 0.538. The van der Waals surface area contributed by atoms with E-state index in [0.717, 1.165) is 0 Å². The molecule has 0 fully saturated rings. The van der Waals surface area contributed by atoms with Crippen molar-refractivity contribution >= 4 is 11.8 Å². The van der Waals surface area contributed by atoms with Gasteiger partial charge in [-0.1, -0.05) is 32.9 Å². The summed E-state index contributed by atoms with van der Waals surface area (Å²) in [6, 6.07) is 6.89. The van der Waals surface area contributed by atoms with E-state index in [1.54, 1.807) is 12.1 Å². The van der Waals surface area contributed by atoms with Crippen LogP contribution < -0.4 is 5.73 Å². The summed E-state index contributed by atoms with van der Waals surface area (Å²) >= 11 is 1.53. The molecule has 0 saturated carbocycles. The van der Waals surface area contributed by atoms with Gasteiger partial charge in [0, 0.05) is 16.2 Å². The van der Waals surface area contributed by atoms with E-state index in [9.17, 15) is 4.39 Å². The monoisotopic (exact) mass is 241 g/mol. The number of rotatable bonds is 3. The standard InChI is InChI=1S/C13H20FNS/c1-9(15)12(13(2,3)4)16-11-8-6-5-7-10(11)14/h5-9,12H,15H2,1-4H3. The Morgan fingerprint density at radius 1 is 1.25 bits per heavy atom. The second-order valence-corrected chi connectivity index (χ2v) is 6.38. The van der Waals surface area contributed by atoms with Crippen LogP contribution in [-0.4, -0.2) is 11.3 Å². The number of nitrogens with two attached hydrogens (primary N) is 1. The summed E-state index contributed by atoms with van der Waals surface area (Å²) < 4.78 is 13.5. The van der Waals surface area contributed by atoms with Gasteiger partial charge < -0.3 is 5.73 Å². The van der Waals surface area contributed by atoms with Crippen molar-refractivity contribution in [3.63, 3.8) is 0 Å². The maximum absolute atomic E-state index is 13.5. The predicted octanol–water partition coefficient (Wildman–Crippen LogP) is 3.68. The lowest BCUT2D eigenvalue weighted by atomic mass is 9.88. The van der Waals surface area contributed by atoms with E-state index in [1.807, 2.05) is 13.0 Å². The summed E-state index contributed by atoms with van der Waals surface area (Å²) in [6.45, 7) is 8.38. The van der Waals surface area contributed by atoms with Gasteiger partial charge in [0.05, 0.1) is 0 Å². The summed E-state index contributed by atoms with van der Waals surface area (Å²) in [4.78, 5) is 0.680. The Kier molecular flexibility index (Phi) is 4.39. The molecule has 2 atom stereocenters. The Morgan fingerprint density at radius 3 is 2.25 bits per heavy atom. The molecule has 16 heavy (non-hydrogen) atoms. The number of thioether (sulfide) groups is 1. The van der Waals surface area contributed by atoms with Gasteiger partial charge in [-0.25, -0.2) is 4.39 Å². The second kappa shape index (κ2) is 5.19. The van der Waals surface area contributed by atoms with Crippen molar-refractivity contribution in [3.05, 3.63) is 30.1 Å². The maximum atomic E-state index is 13.5. The topological polar surface area (TPSA) is 26.0 Å². The van der Waals surface area contributed by atoms with Crippen LogP contribution in [0.5, 0.6) is 0 Å². The number of hydrogen-bond acceptors (Lipinski definition) is 2. The summed E-state index contributed by atoms with van der Waals surface area (Å²) in [5.41, 5.74) is 6.03. The maximum Gasteiger partial charge on any atom is 0.136 e. The molecule has 1 aromatic carbocycles. The lowest BCUT2D eigenvalue weighted by Gasteiger charge is -2.33. The molecule has 0 aromatic heterocycles. The molecule has 1 aromatic rings. The van der Waals surface area contributed by atoms with Crippen LogP contribution in [0, 0.1) is 11.2 Å². The minimum absolute atomic E-state index is 0.0320. The Hall–Kier alpha value is -0.540. The molecule has 0 aliphatic heterocycles.